The number of aliphatic hydroxyl groups excluding tert-OH is 1. The second-order valence-electron chi connectivity index (χ2n) is 6.69. The van der Waals surface area contributed by atoms with Crippen LogP contribution < -0.4 is 0 Å². The first-order valence-corrected chi connectivity index (χ1v) is 8.11. The van der Waals surface area contributed by atoms with E-state index in [1.54, 1.807) is 0 Å². The highest BCUT2D eigenvalue weighted by Crippen LogP contribution is 2.20. The van der Waals surface area contributed by atoms with Gasteiger partial charge in [0.15, 0.2) is 0 Å². The van der Waals surface area contributed by atoms with Crippen molar-refractivity contribution in [3.63, 3.8) is 0 Å². The van der Waals surface area contributed by atoms with E-state index in [2.05, 4.69) is 0 Å². The molecule has 0 saturated heterocycles. The van der Waals surface area contributed by atoms with Gasteiger partial charge in [0.1, 0.15) is 0 Å². The zero-order chi connectivity index (χ0) is 17.3. The molecule has 0 aromatic heterocycles. The summed E-state index contributed by atoms with van der Waals surface area (Å²) in [4.78, 5) is 12.8. The van der Waals surface area contributed by atoms with Crippen LogP contribution in [0, 0.1) is 0 Å². The van der Waals surface area contributed by atoms with E-state index < -0.39 is 11.6 Å². The van der Waals surface area contributed by atoms with Crippen molar-refractivity contribution in [2.45, 2.75) is 58.2 Å². The van der Waals surface area contributed by atoms with Crippen LogP contribution in [-0.4, -0.2) is 46.0 Å². The van der Waals surface area contributed by atoms with Crippen LogP contribution in [0.2, 0.25) is 0 Å². The minimum atomic E-state index is -0.989. The number of benzene rings is 1. The van der Waals surface area contributed by atoms with Crippen molar-refractivity contribution in [3.8, 4) is 0 Å². The Morgan fingerprint density at radius 3 is 2.39 bits per heavy atom. The molecule has 0 aliphatic carbocycles. The van der Waals surface area contributed by atoms with E-state index in [9.17, 15) is 15.0 Å². The van der Waals surface area contributed by atoms with Gasteiger partial charge in [-0.3, -0.25) is 4.90 Å². The quantitative estimate of drug-likeness (QED) is 0.682. The maximum absolute atomic E-state index is 11.4. The fourth-order valence-corrected chi connectivity index (χ4v) is 2.64. The van der Waals surface area contributed by atoms with Gasteiger partial charge >= 0.3 is 6.09 Å². The molecule has 0 bridgehead atoms. The number of aliphatic hydroxyl groups is 1. The molecule has 0 saturated carbocycles. The predicted octanol–water partition coefficient (Wildman–Crippen LogP) is 3.51. The summed E-state index contributed by atoms with van der Waals surface area (Å²) >= 11 is 0. The van der Waals surface area contributed by atoms with Gasteiger partial charge in [-0.15, -0.1) is 0 Å². The molecule has 0 unspecified atom stereocenters. The predicted molar refractivity (Wildman–Crippen MR) is 90.4 cm³/mol. The highest BCUT2D eigenvalue weighted by molar-refractivity contribution is 5.66. The molecule has 1 atom stereocenters. The summed E-state index contributed by atoms with van der Waals surface area (Å²) in [6.45, 7) is 6.59. The van der Waals surface area contributed by atoms with Crippen LogP contribution in [0.25, 0.3) is 0 Å². The van der Waals surface area contributed by atoms with Gasteiger partial charge in [0.25, 0.3) is 0 Å². The summed E-state index contributed by atoms with van der Waals surface area (Å²) in [6, 6.07) is 9.62. The van der Waals surface area contributed by atoms with Crippen LogP contribution in [0.3, 0.4) is 0 Å². The number of ether oxygens (including phenoxy) is 1. The van der Waals surface area contributed by atoms with Crippen molar-refractivity contribution < 1.29 is 19.7 Å². The van der Waals surface area contributed by atoms with E-state index >= 15 is 0 Å². The Balaban J connectivity index is 2.30. The summed E-state index contributed by atoms with van der Waals surface area (Å²) in [5.41, 5.74) is 0.619. The average molecular weight is 323 g/mol. The van der Waals surface area contributed by atoms with E-state index in [1.165, 1.54) is 4.90 Å². The minimum absolute atomic E-state index is 0.158. The molecule has 5 nitrogen and oxygen atoms in total. The smallest absolute Gasteiger partial charge is 0.408 e. The highest BCUT2D eigenvalue weighted by Gasteiger charge is 2.32. The molecule has 0 aliphatic heterocycles. The molecular formula is C18H29NO4. The second kappa shape index (κ2) is 9.53. The summed E-state index contributed by atoms with van der Waals surface area (Å²) in [7, 11) is 0. The second-order valence-corrected chi connectivity index (χ2v) is 6.69. The van der Waals surface area contributed by atoms with Crippen LogP contribution >= 0.6 is 0 Å². The number of amides is 1. The average Bonchev–Trinajstić information content (AvgIpc) is 2.48. The normalized spacial score (nSPS) is 12.9. The van der Waals surface area contributed by atoms with Gasteiger partial charge in [0.05, 0.1) is 19.3 Å². The Morgan fingerprint density at radius 2 is 1.87 bits per heavy atom. The maximum Gasteiger partial charge on any atom is 0.408 e. The van der Waals surface area contributed by atoms with Crippen molar-refractivity contribution in [1.82, 2.24) is 4.90 Å². The van der Waals surface area contributed by atoms with Crippen molar-refractivity contribution in [2.24, 2.45) is 0 Å². The molecule has 1 amide bonds. The van der Waals surface area contributed by atoms with Crippen LogP contribution in [-0.2, 0) is 11.3 Å². The molecule has 2 N–H and O–H groups in total. The number of rotatable bonds is 9. The molecule has 23 heavy (non-hydrogen) atoms. The van der Waals surface area contributed by atoms with Gasteiger partial charge < -0.3 is 14.9 Å². The lowest BCUT2D eigenvalue weighted by atomic mass is 10.0. The first-order chi connectivity index (χ1) is 10.9. The lowest BCUT2D eigenvalue weighted by Gasteiger charge is -2.39. The standard InChI is InChI=1S/C18H29NO4/c1-18(2,3)19(17(21)22)16(13-20)11-7-8-12-23-14-15-9-5-4-6-10-15/h4-6,9-10,16,20H,7-8,11-14H2,1-3H3,(H,21,22)/t16-/m0/s1. The zero-order valence-electron chi connectivity index (χ0n) is 14.4. The SMILES string of the molecule is CC(C)(C)N(C(=O)O)[C@H](CO)CCCCOCc1ccccc1. The largest absolute Gasteiger partial charge is 0.465 e. The minimum Gasteiger partial charge on any atom is -0.465 e. The van der Waals surface area contributed by atoms with E-state index in [4.69, 9.17) is 4.74 Å². The molecule has 0 aliphatic rings. The van der Waals surface area contributed by atoms with Gasteiger partial charge in [-0.25, -0.2) is 4.79 Å². The first kappa shape index (κ1) is 19.5. The number of carbonyl (C=O) groups is 1. The third-order valence-electron chi connectivity index (χ3n) is 3.69. The zero-order valence-corrected chi connectivity index (χ0v) is 14.4. The van der Waals surface area contributed by atoms with Crippen LogP contribution in [0.15, 0.2) is 30.3 Å². The summed E-state index contributed by atoms with van der Waals surface area (Å²) < 4.78 is 5.62. The Kier molecular flexibility index (Phi) is 8.06. The van der Waals surface area contributed by atoms with Crippen molar-refractivity contribution >= 4 is 6.09 Å². The van der Waals surface area contributed by atoms with Gasteiger partial charge in [-0.1, -0.05) is 30.3 Å². The molecule has 0 heterocycles. The Bertz CT molecular complexity index is 456. The number of hydrogen-bond donors (Lipinski definition) is 2. The molecule has 1 aromatic carbocycles. The lowest BCUT2D eigenvalue weighted by Crippen LogP contribution is -2.52. The third-order valence-corrected chi connectivity index (χ3v) is 3.69. The van der Waals surface area contributed by atoms with E-state index in [0.29, 0.717) is 19.6 Å². The van der Waals surface area contributed by atoms with Crippen molar-refractivity contribution in [2.75, 3.05) is 13.2 Å². The van der Waals surface area contributed by atoms with E-state index in [0.717, 1.165) is 18.4 Å². The van der Waals surface area contributed by atoms with Gasteiger partial charge in [0.2, 0.25) is 0 Å². The molecule has 5 heteroatoms. The topological polar surface area (TPSA) is 70.0 Å². The Hall–Kier alpha value is -1.59. The summed E-state index contributed by atoms with van der Waals surface area (Å²) in [5.74, 6) is 0. The van der Waals surface area contributed by atoms with Gasteiger partial charge in [-0.2, -0.15) is 0 Å². The van der Waals surface area contributed by atoms with E-state index in [1.807, 2.05) is 51.1 Å². The fraction of sp³-hybridized carbons (Fsp3) is 0.611. The van der Waals surface area contributed by atoms with Crippen molar-refractivity contribution in [1.29, 1.82) is 0 Å². The first-order valence-electron chi connectivity index (χ1n) is 8.11. The molecule has 0 radical (unpaired) electrons. The Morgan fingerprint density at radius 1 is 1.22 bits per heavy atom. The number of carboxylic acid groups (broad SMARTS) is 1. The van der Waals surface area contributed by atoms with Crippen LogP contribution in [0.4, 0.5) is 4.79 Å². The van der Waals surface area contributed by atoms with Gasteiger partial charge in [-0.05, 0) is 45.6 Å². The highest BCUT2D eigenvalue weighted by atomic mass is 16.5. The molecule has 1 aromatic rings. The summed E-state index contributed by atoms with van der Waals surface area (Å²) in [6.07, 6.45) is 1.31. The number of hydrogen-bond acceptors (Lipinski definition) is 3. The summed E-state index contributed by atoms with van der Waals surface area (Å²) in [5, 5.41) is 18.9. The fourth-order valence-electron chi connectivity index (χ4n) is 2.64. The molecule has 0 spiro atoms. The number of unbranched alkanes of at least 4 members (excludes halogenated alkanes) is 1. The lowest BCUT2D eigenvalue weighted by molar-refractivity contribution is 0.0406. The van der Waals surface area contributed by atoms with Crippen molar-refractivity contribution in [3.05, 3.63) is 35.9 Å². The molecular weight excluding hydrogens is 294 g/mol. The maximum atomic E-state index is 11.4. The Labute approximate surface area is 138 Å². The monoisotopic (exact) mass is 323 g/mol. The molecule has 130 valence electrons. The van der Waals surface area contributed by atoms with Crippen LogP contribution in [0.1, 0.15) is 45.6 Å². The van der Waals surface area contributed by atoms with Gasteiger partial charge in [0, 0.05) is 12.1 Å². The van der Waals surface area contributed by atoms with Crippen LogP contribution in [0.5, 0.6) is 0 Å². The molecule has 1 rings (SSSR count). The number of nitrogens with zero attached hydrogens (tertiary/aromatic N) is 1. The third kappa shape index (κ3) is 7.01. The molecule has 0 fully saturated rings. The van der Waals surface area contributed by atoms with E-state index in [-0.39, 0.29) is 12.6 Å².